The highest BCUT2D eigenvalue weighted by molar-refractivity contribution is 7.90. The molecule has 0 fully saturated rings. The molecule has 0 unspecified atom stereocenters. The fourth-order valence-corrected chi connectivity index (χ4v) is 4.00. The Labute approximate surface area is 186 Å². The Hall–Kier alpha value is -3.87. The van der Waals surface area contributed by atoms with E-state index in [1.54, 1.807) is 18.2 Å². The molecule has 0 aromatic heterocycles. The van der Waals surface area contributed by atoms with Crippen molar-refractivity contribution in [3.05, 3.63) is 59.7 Å². The van der Waals surface area contributed by atoms with E-state index in [1.165, 1.54) is 18.2 Å². The Balaban J connectivity index is 1.43. The molecule has 2 aromatic carbocycles. The van der Waals surface area contributed by atoms with Gasteiger partial charge in [-0.05, 0) is 36.4 Å². The molecule has 10 nitrogen and oxygen atoms in total. The number of amidine groups is 1. The van der Waals surface area contributed by atoms with Crippen LogP contribution in [-0.4, -0.2) is 51.8 Å². The molecule has 2 aromatic rings. The van der Waals surface area contributed by atoms with Gasteiger partial charge in [0.15, 0.2) is 6.61 Å². The number of carbonyl (C=O) groups is 3. The van der Waals surface area contributed by atoms with Crippen molar-refractivity contribution in [2.75, 3.05) is 13.2 Å². The van der Waals surface area contributed by atoms with Gasteiger partial charge in [0, 0.05) is 11.1 Å². The number of fused-ring (bicyclic) bond motifs is 1. The summed E-state index contributed by atoms with van der Waals surface area (Å²) in [7, 11) is -3.69. The molecule has 1 heterocycles. The predicted molar refractivity (Wildman–Crippen MR) is 109 cm³/mol. The smallest absolute Gasteiger partial charge is 0.387 e. The Kier molecular flexibility index (Phi) is 7.33. The fourth-order valence-electron chi connectivity index (χ4n) is 2.75. The summed E-state index contributed by atoms with van der Waals surface area (Å²) in [5, 5.41) is 1.98. The number of rotatable bonds is 8. The highest BCUT2D eigenvalue weighted by Crippen LogP contribution is 2.22. The molecule has 13 heteroatoms. The number of halogens is 2. The molecule has 1 aliphatic heterocycles. The topological polar surface area (TPSA) is 140 Å². The molecule has 3 rings (SSSR count). The van der Waals surface area contributed by atoms with Crippen LogP contribution in [0.15, 0.2) is 58.4 Å². The molecule has 2 N–H and O–H groups in total. The monoisotopic (exact) mass is 481 g/mol. The zero-order chi connectivity index (χ0) is 24.0. The lowest BCUT2D eigenvalue weighted by molar-refractivity contribution is -0.148. The van der Waals surface area contributed by atoms with Crippen LogP contribution in [0.2, 0.25) is 0 Å². The minimum Gasteiger partial charge on any atom is -0.456 e. The summed E-state index contributed by atoms with van der Waals surface area (Å²) in [6.45, 7) is -3.84. The number of nitrogens with zero attached hydrogens (tertiary/aromatic N) is 1. The quantitative estimate of drug-likeness (QED) is 0.540. The number of alkyl halides is 2. The minimum absolute atomic E-state index is 0.00594. The van der Waals surface area contributed by atoms with Crippen molar-refractivity contribution in [1.82, 2.24) is 10.0 Å². The third-order valence-electron chi connectivity index (χ3n) is 4.21. The van der Waals surface area contributed by atoms with Crippen LogP contribution in [0.1, 0.15) is 22.3 Å². The number of imide groups is 1. The Morgan fingerprint density at radius 2 is 1.76 bits per heavy atom. The maximum Gasteiger partial charge on any atom is 0.387 e. The number of carbonyl (C=O) groups excluding carboxylic acids is 3. The first-order valence-electron chi connectivity index (χ1n) is 9.37. The lowest BCUT2D eigenvalue weighted by Gasteiger charge is -2.07. The van der Waals surface area contributed by atoms with E-state index in [9.17, 15) is 31.6 Å². The van der Waals surface area contributed by atoms with Crippen molar-refractivity contribution in [2.24, 2.45) is 4.99 Å². The lowest BCUT2D eigenvalue weighted by Crippen LogP contribution is -2.34. The number of nitrogens with one attached hydrogen (secondary N) is 2. The standard InChI is InChI=1S/C20H17F2N3O7S/c21-20(22)32-13-7-5-12(6-8-13)19(28)24-16(26)11-31-17(27)9-10-23-18-14-3-1-2-4-15(14)33(29,30)25-18/h1-8,20H,9-11H2,(H,23,25)(H,24,26,28). The van der Waals surface area contributed by atoms with E-state index >= 15 is 0 Å². The molecule has 0 radical (unpaired) electrons. The lowest BCUT2D eigenvalue weighted by atomic mass is 10.2. The van der Waals surface area contributed by atoms with E-state index in [2.05, 4.69) is 14.5 Å². The molecule has 33 heavy (non-hydrogen) atoms. The minimum atomic E-state index is -3.69. The maximum atomic E-state index is 12.1. The number of ether oxygens (including phenoxy) is 2. The number of benzene rings is 2. The molecule has 0 spiro atoms. The van der Waals surface area contributed by atoms with Crippen LogP contribution in [0.25, 0.3) is 0 Å². The first-order chi connectivity index (χ1) is 15.7. The van der Waals surface area contributed by atoms with Crippen molar-refractivity contribution in [3.63, 3.8) is 0 Å². The summed E-state index contributed by atoms with van der Waals surface area (Å²) in [5.74, 6) is -2.56. The van der Waals surface area contributed by atoms with E-state index in [-0.39, 0.29) is 35.0 Å². The molecular weight excluding hydrogens is 464 g/mol. The number of hydrogen-bond acceptors (Lipinski definition) is 8. The Morgan fingerprint density at radius 3 is 2.45 bits per heavy atom. The van der Waals surface area contributed by atoms with Crippen molar-refractivity contribution in [3.8, 4) is 5.75 Å². The Morgan fingerprint density at radius 1 is 1.06 bits per heavy atom. The van der Waals surface area contributed by atoms with Gasteiger partial charge in [0.05, 0.1) is 17.9 Å². The van der Waals surface area contributed by atoms with Gasteiger partial charge in [-0.15, -0.1) is 0 Å². The SMILES string of the molecule is O=C(COC(=O)CCN=C1NS(=O)(=O)c2ccccc21)NC(=O)c1ccc(OC(F)F)cc1. The number of esters is 1. The predicted octanol–water partition coefficient (Wildman–Crippen LogP) is 1.22. The number of sulfonamides is 1. The van der Waals surface area contributed by atoms with Gasteiger partial charge >= 0.3 is 12.6 Å². The summed E-state index contributed by atoms with van der Waals surface area (Å²) < 4.78 is 59.5. The van der Waals surface area contributed by atoms with Crippen LogP contribution in [0.5, 0.6) is 5.75 Å². The number of aliphatic imine (C=N–C) groups is 1. The van der Waals surface area contributed by atoms with E-state index in [0.717, 1.165) is 12.1 Å². The average Bonchev–Trinajstić information content (AvgIpc) is 3.02. The third-order valence-corrected chi connectivity index (χ3v) is 5.60. The van der Waals surface area contributed by atoms with Crippen LogP contribution in [0, 0.1) is 0 Å². The van der Waals surface area contributed by atoms with Crippen LogP contribution < -0.4 is 14.8 Å². The molecule has 1 aliphatic rings. The molecule has 174 valence electrons. The van der Waals surface area contributed by atoms with Crippen molar-refractivity contribution in [1.29, 1.82) is 0 Å². The van der Waals surface area contributed by atoms with Gasteiger partial charge in [-0.2, -0.15) is 8.78 Å². The van der Waals surface area contributed by atoms with E-state index in [4.69, 9.17) is 4.74 Å². The van der Waals surface area contributed by atoms with Gasteiger partial charge in [0.2, 0.25) is 0 Å². The van der Waals surface area contributed by atoms with Gasteiger partial charge in [0.25, 0.3) is 21.8 Å². The van der Waals surface area contributed by atoms with Crippen molar-refractivity contribution in [2.45, 2.75) is 17.9 Å². The van der Waals surface area contributed by atoms with E-state index < -0.39 is 41.0 Å². The van der Waals surface area contributed by atoms with Crippen LogP contribution in [0.4, 0.5) is 8.78 Å². The zero-order valence-electron chi connectivity index (χ0n) is 16.8. The second-order valence-electron chi connectivity index (χ2n) is 6.52. The van der Waals surface area contributed by atoms with Crippen molar-refractivity contribution < 1.29 is 41.1 Å². The molecule has 2 amide bonds. The molecule has 0 atom stereocenters. The molecule has 0 saturated carbocycles. The summed E-state index contributed by atoms with van der Waals surface area (Å²) in [6, 6.07) is 10.9. The van der Waals surface area contributed by atoms with Crippen molar-refractivity contribution >= 4 is 33.6 Å². The average molecular weight is 481 g/mol. The van der Waals surface area contributed by atoms with Gasteiger partial charge in [-0.1, -0.05) is 12.1 Å². The fraction of sp³-hybridized carbons (Fsp3) is 0.200. The number of amides is 2. The van der Waals surface area contributed by atoms with Gasteiger partial charge < -0.3 is 9.47 Å². The molecule has 0 saturated heterocycles. The van der Waals surface area contributed by atoms with Gasteiger partial charge in [-0.3, -0.25) is 29.4 Å². The highest BCUT2D eigenvalue weighted by Gasteiger charge is 2.30. The van der Waals surface area contributed by atoms with Crippen LogP contribution >= 0.6 is 0 Å². The molecule has 0 aliphatic carbocycles. The molecule has 0 bridgehead atoms. The summed E-state index contributed by atoms with van der Waals surface area (Å²) in [5.41, 5.74) is 0.393. The Bertz CT molecular complexity index is 1200. The second kappa shape index (κ2) is 10.2. The first kappa shape index (κ1) is 23.8. The second-order valence-corrected chi connectivity index (χ2v) is 8.17. The van der Waals surface area contributed by atoms with Gasteiger partial charge in [0.1, 0.15) is 11.6 Å². The first-order valence-corrected chi connectivity index (χ1v) is 10.9. The summed E-state index contributed by atoms with van der Waals surface area (Å²) in [4.78, 5) is 39.7. The highest BCUT2D eigenvalue weighted by atomic mass is 32.2. The number of hydrogen-bond donors (Lipinski definition) is 2. The normalized spacial score (nSPS) is 14.9. The summed E-state index contributed by atoms with van der Waals surface area (Å²) in [6.07, 6.45) is -0.236. The zero-order valence-corrected chi connectivity index (χ0v) is 17.6. The summed E-state index contributed by atoms with van der Waals surface area (Å²) >= 11 is 0. The largest absolute Gasteiger partial charge is 0.456 e. The molecular formula is C20H17F2N3O7S. The third kappa shape index (κ3) is 6.32. The maximum absolute atomic E-state index is 12.1. The van der Waals surface area contributed by atoms with Crippen LogP contribution in [-0.2, 0) is 24.3 Å². The van der Waals surface area contributed by atoms with Crippen LogP contribution in [0.3, 0.4) is 0 Å². The van der Waals surface area contributed by atoms with E-state index in [1.807, 2.05) is 5.32 Å². The van der Waals surface area contributed by atoms with E-state index in [0.29, 0.717) is 5.56 Å². The van der Waals surface area contributed by atoms with Gasteiger partial charge in [-0.25, -0.2) is 8.42 Å².